The number of benzene rings is 2. The molecular formula is C33H39N5O5. The van der Waals surface area contributed by atoms with E-state index in [1.54, 1.807) is 13.3 Å². The molecule has 1 unspecified atom stereocenters. The molecule has 0 bridgehead atoms. The molecule has 1 aliphatic carbocycles. The molecule has 226 valence electrons. The lowest BCUT2D eigenvalue weighted by atomic mass is 10.0. The lowest BCUT2D eigenvalue weighted by molar-refractivity contribution is -0.137. The highest BCUT2D eigenvalue weighted by molar-refractivity contribution is 6.00. The Bertz CT molecular complexity index is 1630. The molecule has 43 heavy (non-hydrogen) atoms. The zero-order chi connectivity index (χ0) is 30.5. The minimum atomic E-state index is -0.845. The average molecular weight is 586 g/mol. The molecule has 2 aromatic carbocycles. The molecule has 0 radical (unpaired) electrons. The third-order valence-corrected chi connectivity index (χ3v) is 7.91. The van der Waals surface area contributed by atoms with Crippen molar-refractivity contribution in [1.29, 1.82) is 0 Å². The van der Waals surface area contributed by atoms with Gasteiger partial charge in [0.05, 0.1) is 19.3 Å². The second-order valence-corrected chi connectivity index (χ2v) is 11.4. The Hall–Kier alpha value is -4.44. The summed E-state index contributed by atoms with van der Waals surface area (Å²) in [4.78, 5) is 37.8. The average Bonchev–Trinajstić information content (AvgIpc) is 3.64. The molecule has 1 fully saturated rings. The van der Waals surface area contributed by atoms with E-state index in [0.717, 1.165) is 40.4 Å². The molecule has 0 spiro atoms. The van der Waals surface area contributed by atoms with Gasteiger partial charge in [-0.2, -0.15) is 5.10 Å². The number of nitrogens with zero attached hydrogens (tertiary/aromatic N) is 3. The van der Waals surface area contributed by atoms with Crippen LogP contribution in [0.1, 0.15) is 77.2 Å². The zero-order valence-corrected chi connectivity index (χ0v) is 24.9. The molecule has 2 heterocycles. The first kappa shape index (κ1) is 30.0. The molecule has 1 aliphatic rings. The summed E-state index contributed by atoms with van der Waals surface area (Å²) in [7, 11) is 1.59. The fourth-order valence-corrected chi connectivity index (χ4v) is 5.42. The number of amides is 2. The van der Waals surface area contributed by atoms with Crippen LogP contribution in [-0.4, -0.2) is 57.5 Å². The van der Waals surface area contributed by atoms with Crippen LogP contribution in [0.25, 0.3) is 10.9 Å². The lowest BCUT2D eigenvalue weighted by Gasteiger charge is -2.18. The molecule has 1 saturated carbocycles. The number of nitrogens with one attached hydrogen (secondary N) is 2. The molecule has 0 saturated heterocycles. The van der Waals surface area contributed by atoms with Gasteiger partial charge in [-0.15, -0.1) is 0 Å². The Kier molecular flexibility index (Phi) is 9.25. The first-order chi connectivity index (χ1) is 20.7. The zero-order valence-electron chi connectivity index (χ0n) is 24.9. The van der Waals surface area contributed by atoms with Crippen LogP contribution in [0.5, 0.6) is 0 Å². The van der Waals surface area contributed by atoms with Gasteiger partial charge in [0.15, 0.2) is 0 Å². The highest BCUT2D eigenvalue weighted by atomic mass is 16.5. The van der Waals surface area contributed by atoms with Gasteiger partial charge in [-0.05, 0) is 85.9 Å². The Morgan fingerprint density at radius 2 is 1.95 bits per heavy atom. The Morgan fingerprint density at radius 1 is 1.14 bits per heavy atom. The molecule has 1 atom stereocenters. The van der Waals surface area contributed by atoms with Crippen LogP contribution in [0.4, 0.5) is 5.69 Å². The van der Waals surface area contributed by atoms with Gasteiger partial charge in [-0.3, -0.25) is 19.1 Å². The number of fused-ring (bicyclic) bond motifs is 1. The number of carbonyl (C=O) groups excluding carboxylic acids is 2. The summed E-state index contributed by atoms with van der Waals surface area (Å²) < 4.78 is 8.85. The van der Waals surface area contributed by atoms with Gasteiger partial charge in [0.1, 0.15) is 6.04 Å². The van der Waals surface area contributed by atoms with Crippen LogP contribution >= 0.6 is 0 Å². The number of carboxylic acids is 1. The van der Waals surface area contributed by atoms with Gasteiger partial charge in [-0.1, -0.05) is 18.2 Å². The normalized spacial score (nSPS) is 13.7. The Morgan fingerprint density at radius 3 is 2.65 bits per heavy atom. The summed E-state index contributed by atoms with van der Waals surface area (Å²) in [6, 6.07) is 11.0. The lowest BCUT2D eigenvalue weighted by Crippen LogP contribution is -2.27. The summed E-state index contributed by atoms with van der Waals surface area (Å²) in [5.74, 6) is -0.765. The smallest absolute Gasteiger partial charge is 0.303 e. The number of anilines is 1. The van der Waals surface area contributed by atoms with Crippen molar-refractivity contribution < 1.29 is 24.2 Å². The third-order valence-electron chi connectivity index (χ3n) is 7.91. The highest BCUT2D eigenvalue weighted by Gasteiger charge is 2.29. The second-order valence-electron chi connectivity index (χ2n) is 11.4. The van der Waals surface area contributed by atoms with E-state index in [-0.39, 0.29) is 18.2 Å². The van der Waals surface area contributed by atoms with Crippen LogP contribution in [0.15, 0.2) is 55.0 Å². The van der Waals surface area contributed by atoms with E-state index in [2.05, 4.69) is 21.9 Å². The van der Waals surface area contributed by atoms with Crippen molar-refractivity contribution in [2.45, 2.75) is 64.5 Å². The van der Waals surface area contributed by atoms with Crippen LogP contribution in [0, 0.1) is 6.92 Å². The Labute approximate surface area is 251 Å². The molecule has 2 amide bonds. The molecule has 4 aromatic rings. The van der Waals surface area contributed by atoms with E-state index in [1.807, 2.05) is 65.7 Å². The summed E-state index contributed by atoms with van der Waals surface area (Å²) in [6.07, 6.45) is 9.09. The number of carboxylic acid groups (broad SMARTS) is 1. The first-order valence-electron chi connectivity index (χ1n) is 14.8. The van der Waals surface area contributed by atoms with E-state index in [4.69, 9.17) is 9.84 Å². The molecule has 0 aliphatic heterocycles. The summed E-state index contributed by atoms with van der Waals surface area (Å²) in [6.45, 7) is 5.22. The monoisotopic (exact) mass is 585 g/mol. The molecule has 5 rings (SSSR count). The maximum atomic E-state index is 13.8. The number of aromatic nitrogens is 3. The van der Waals surface area contributed by atoms with E-state index in [9.17, 15) is 14.4 Å². The number of methoxy groups -OCH3 is 1. The summed E-state index contributed by atoms with van der Waals surface area (Å²) in [5, 5.41) is 20.6. The van der Waals surface area contributed by atoms with Gasteiger partial charge >= 0.3 is 5.97 Å². The van der Waals surface area contributed by atoms with E-state index in [0.29, 0.717) is 49.7 Å². The number of ether oxygens (including phenoxy) is 1. The molecular weight excluding hydrogens is 546 g/mol. The van der Waals surface area contributed by atoms with Crippen molar-refractivity contribution in [2.75, 3.05) is 25.6 Å². The number of rotatable bonds is 14. The standard InChI is InChI=1S/C33H39N5O5/c1-21-17-35-37(18-21)19-23-7-8-25(5-4-6-31(39)40)29(15-23)36-32(41)22(2)38-20-28(24-9-10-24)27-12-11-26(16-30(27)38)33(42)34-13-14-43-3/h7-8,11-12,15-18,20,22,24H,4-6,9-10,13-14,19H2,1-3H3,(H,34,42)(H,36,41)(H,39,40). The fourth-order valence-electron chi connectivity index (χ4n) is 5.42. The van der Waals surface area contributed by atoms with E-state index < -0.39 is 12.0 Å². The van der Waals surface area contributed by atoms with Gasteiger partial charge in [-0.25, -0.2) is 0 Å². The predicted molar refractivity (Wildman–Crippen MR) is 165 cm³/mol. The van der Waals surface area contributed by atoms with Crippen LogP contribution in [0.3, 0.4) is 0 Å². The van der Waals surface area contributed by atoms with Crippen molar-refractivity contribution in [3.63, 3.8) is 0 Å². The Balaban J connectivity index is 1.42. The van der Waals surface area contributed by atoms with E-state index in [1.165, 1.54) is 5.56 Å². The highest BCUT2D eigenvalue weighted by Crippen LogP contribution is 2.44. The largest absolute Gasteiger partial charge is 0.481 e. The van der Waals surface area contributed by atoms with E-state index >= 15 is 0 Å². The summed E-state index contributed by atoms with van der Waals surface area (Å²) >= 11 is 0. The maximum Gasteiger partial charge on any atom is 0.303 e. The van der Waals surface area contributed by atoms with Crippen LogP contribution < -0.4 is 10.6 Å². The molecule has 2 aromatic heterocycles. The molecule has 3 N–H and O–H groups in total. The van der Waals surface area contributed by atoms with Crippen molar-refractivity contribution >= 4 is 34.4 Å². The first-order valence-corrected chi connectivity index (χ1v) is 14.8. The summed E-state index contributed by atoms with van der Waals surface area (Å²) in [5.41, 5.74) is 6.15. The second kappa shape index (κ2) is 13.2. The minimum absolute atomic E-state index is 0.0543. The number of aliphatic carboxylic acids is 1. The quantitative estimate of drug-likeness (QED) is 0.178. The third kappa shape index (κ3) is 7.32. The van der Waals surface area contributed by atoms with Gasteiger partial charge < -0.3 is 25.0 Å². The van der Waals surface area contributed by atoms with Gasteiger partial charge in [0.2, 0.25) is 5.91 Å². The predicted octanol–water partition coefficient (Wildman–Crippen LogP) is 5.06. The van der Waals surface area contributed by atoms with Gasteiger partial charge in [0.25, 0.3) is 5.91 Å². The maximum absolute atomic E-state index is 13.8. The number of hydrogen-bond acceptors (Lipinski definition) is 5. The minimum Gasteiger partial charge on any atom is -0.481 e. The number of aryl methyl sites for hydroxylation is 2. The van der Waals surface area contributed by atoms with Crippen molar-refractivity contribution in [1.82, 2.24) is 19.7 Å². The van der Waals surface area contributed by atoms with Crippen molar-refractivity contribution in [3.8, 4) is 0 Å². The van der Waals surface area contributed by atoms with Crippen molar-refractivity contribution in [2.24, 2.45) is 0 Å². The number of carbonyl (C=O) groups is 3. The molecule has 10 heteroatoms. The number of hydrogen-bond donors (Lipinski definition) is 3. The van der Waals surface area contributed by atoms with Crippen LogP contribution in [-0.2, 0) is 27.3 Å². The van der Waals surface area contributed by atoms with Crippen molar-refractivity contribution in [3.05, 3.63) is 82.8 Å². The molecule has 10 nitrogen and oxygen atoms in total. The topological polar surface area (TPSA) is 127 Å². The van der Waals surface area contributed by atoms with Crippen LogP contribution in [0.2, 0.25) is 0 Å². The van der Waals surface area contributed by atoms with Gasteiger partial charge in [0, 0.05) is 54.6 Å². The SMILES string of the molecule is COCCNC(=O)c1ccc2c(C3CC3)cn(C(C)C(=O)Nc3cc(Cn4cc(C)cn4)ccc3CCCC(=O)O)c2c1. The fraction of sp³-hybridized carbons (Fsp3) is 0.394.